The summed E-state index contributed by atoms with van der Waals surface area (Å²) in [7, 11) is 0. The van der Waals surface area contributed by atoms with Gasteiger partial charge in [0.2, 0.25) is 5.88 Å². The molecule has 1 aromatic heterocycles. The molecule has 0 aliphatic carbocycles. The van der Waals surface area contributed by atoms with Gasteiger partial charge in [0, 0.05) is 6.54 Å². The first-order valence-corrected chi connectivity index (χ1v) is 9.49. The standard InChI is InChI=1S/C21H21N3O2S/c1-2-13-7-9-15(10-8-13)24-20(26)17(19(25)23-21(24)27)18-16-6-4-3-5-14(16)11-12-22-18/h3-10,18,22,26H,2,11-12H2,1H3,(H,23,25,27)/t18-/m1/s1. The van der Waals surface area contributed by atoms with Gasteiger partial charge in [-0.1, -0.05) is 43.3 Å². The van der Waals surface area contributed by atoms with E-state index < -0.39 is 0 Å². The maximum Gasteiger partial charge on any atom is 0.260 e. The Morgan fingerprint density at radius 1 is 1.19 bits per heavy atom. The van der Waals surface area contributed by atoms with Crippen LogP contribution in [-0.4, -0.2) is 21.2 Å². The molecular formula is C21H21N3O2S. The molecule has 0 spiro atoms. The molecule has 4 rings (SSSR count). The zero-order valence-electron chi connectivity index (χ0n) is 15.0. The second-order valence-corrected chi connectivity index (χ2v) is 7.07. The van der Waals surface area contributed by atoms with Gasteiger partial charge in [0.15, 0.2) is 4.77 Å². The van der Waals surface area contributed by atoms with E-state index in [1.165, 1.54) is 15.7 Å². The van der Waals surface area contributed by atoms with E-state index in [1.807, 2.05) is 42.5 Å². The van der Waals surface area contributed by atoms with E-state index in [4.69, 9.17) is 12.2 Å². The Kier molecular flexibility index (Phi) is 4.68. The summed E-state index contributed by atoms with van der Waals surface area (Å²) in [5, 5.41) is 14.4. The van der Waals surface area contributed by atoms with E-state index in [2.05, 4.69) is 23.3 Å². The predicted molar refractivity (Wildman–Crippen MR) is 108 cm³/mol. The predicted octanol–water partition coefficient (Wildman–Crippen LogP) is 3.40. The molecule has 1 aliphatic rings. The number of nitrogens with one attached hydrogen (secondary N) is 2. The number of hydrogen-bond donors (Lipinski definition) is 3. The highest BCUT2D eigenvalue weighted by molar-refractivity contribution is 7.71. The van der Waals surface area contributed by atoms with Gasteiger partial charge in [-0.15, -0.1) is 0 Å². The van der Waals surface area contributed by atoms with Crippen LogP contribution < -0.4 is 10.9 Å². The van der Waals surface area contributed by atoms with Crippen LogP contribution in [0, 0.1) is 4.77 Å². The number of aromatic nitrogens is 2. The summed E-state index contributed by atoms with van der Waals surface area (Å²) in [6, 6.07) is 15.4. The van der Waals surface area contributed by atoms with Crippen LogP contribution in [0.15, 0.2) is 53.3 Å². The molecule has 0 saturated heterocycles. The van der Waals surface area contributed by atoms with Gasteiger partial charge >= 0.3 is 0 Å². The third-order valence-electron chi connectivity index (χ3n) is 5.12. The molecule has 2 aromatic carbocycles. The zero-order valence-corrected chi connectivity index (χ0v) is 15.8. The fourth-order valence-corrected chi connectivity index (χ4v) is 3.97. The van der Waals surface area contributed by atoms with Crippen LogP contribution in [0.1, 0.15) is 35.2 Å². The topological polar surface area (TPSA) is 70.0 Å². The van der Waals surface area contributed by atoms with Gasteiger partial charge in [0.1, 0.15) is 0 Å². The van der Waals surface area contributed by atoms with E-state index >= 15 is 0 Å². The third-order valence-corrected chi connectivity index (χ3v) is 5.41. The van der Waals surface area contributed by atoms with E-state index in [-0.39, 0.29) is 27.8 Å². The lowest BCUT2D eigenvalue weighted by atomic mass is 9.90. The fourth-order valence-electron chi connectivity index (χ4n) is 3.68. The maximum absolute atomic E-state index is 12.7. The quantitative estimate of drug-likeness (QED) is 0.610. The van der Waals surface area contributed by atoms with Crippen molar-refractivity contribution in [3.8, 4) is 11.6 Å². The molecule has 1 aliphatic heterocycles. The first kappa shape index (κ1) is 17.7. The summed E-state index contributed by atoms with van der Waals surface area (Å²) < 4.78 is 1.69. The number of H-pyrrole nitrogens is 1. The number of hydrogen-bond acceptors (Lipinski definition) is 4. The molecule has 0 fully saturated rings. The molecule has 138 valence electrons. The van der Waals surface area contributed by atoms with Crippen molar-refractivity contribution in [1.29, 1.82) is 0 Å². The molecule has 3 N–H and O–H groups in total. The average molecular weight is 379 g/mol. The fraction of sp³-hybridized carbons (Fsp3) is 0.238. The van der Waals surface area contributed by atoms with Gasteiger partial charge in [-0.2, -0.15) is 0 Å². The Morgan fingerprint density at radius 3 is 2.67 bits per heavy atom. The molecule has 0 unspecified atom stereocenters. The van der Waals surface area contributed by atoms with Gasteiger partial charge in [0.05, 0.1) is 17.3 Å². The van der Waals surface area contributed by atoms with E-state index in [0.29, 0.717) is 0 Å². The summed E-state index contributed by atoms with van der Waals surface area (Å²) in [4.78, 5) is 15.4. The Labute approximate surface area is 162 Å². The number of rotatable bonds is 3. The van der Waals surface area contributed by atoms with Gasteiger partial charge in [0.25, 0.3) is 5.56 Å². The zero-order chi connectivity index (χ0) is 19.0. The normalized spacial score (nSPS) is 16.1. The van der Waals surface area contributed by atoms with Crippen LogP contribution in [-0.2, 0) is 12.8 Å². The second-order valence-electron chi connectivity index (χ2n) is 6.69. The first-order chi connectivity index (χ1) is 13.1. The molecular weight excluding hydrogens is 358 g/mol. The van der Waals surface area contributed by atoms with Crippen molar-refractivity contribution in [2.24, 2.45) is 0 Å². The van der Waals surface area contributed by atoms with E-state index in [1.54, 1.807) is 0 Å². The number of nitrogens with zero attached hydrogens (tertiary/aromatic N) is 1. The van der Waals surface area contributed by atoms with Crippen LogP contribution in [0.2, 0.25) is 0 Å². The Morgan fingerprint density at radius 2 is 1.93 bits per heavy atom. The lowest BCUT2D eigenvalue weighted by Gasteiger charge is -2.27. The first-order valence-electron chi connectivity index (χ1n) is 9.09. The van der Waals surface area contributed by atoms with Crippen molar-refractivity contribution in [1.82, 2.24) is 14.9 Å². The number of aryl methyl sites for hydroxylation is 1. The summed E-state index contributed by atoms with van der Waals surface area (Å²) in [6.07, 6.45) is 1.82. The van der Waals surface area contributed by atoms with Crippen molar-refractivity contribution in [2.45, 2.75) is 25.8 Å². The average Bonchev–Trinajstić information content (AvgIpc) is 2.68. The maximum atomic E-state index is 12.7. The molecule has 27 heavy (non-hydrogen) atoms. The SMILES string of the molecule is CCc1ccc(-n2c(O)c([C@@H]3NCCc4ccccc43)c(=O)[nH]c2=S)cc1. The Hall–Kier alpha value is -2.70. The van der Waals surface area contributed by atoms with Crippen molar-refractivity contribution in [2.75, 3.05) is 6.54 Å². The minimum atomic E-state index is -0.379. The summed E-state index contributed by atoms with van der Waals surface area (Å²) in [6.45, 7) is 2.82. The third kappa shape index (κ3) is 3.11. The van der Waals surface area contributed by atoms with Crippen LogP contribution >= 0.6 is 12.2 Å². The molecule has 0 amide bonds. The number of fused-ring (bicyclic) bond motifs is 1. The largest absolute Gasteiger partial charge is 0.494 e. The van der Waals surface area contributed by atoms with Crippen molar-refractivity contribution < 1.29 is 5.11 Å². The summed E-state index contributed by atoms with van der Waals surface area (Å²) in [5.74, 6) is -0.123. The molecule has 6 heteroatoms. The van der Waals surface area contributed by atoms with Crippen LogP contribution in [0.5, 0.6) is 5.88 Å². The van der Waals surface area contributed by atoms with Gasteiger partial charge in [-0.3, -0.25) is 14.3 Å². The van der Waals surface area contributed by atoms with Crippen LogP contribution in [0.4, 0.5) is 0 Å². The highest BCUT2D eigenvalue weighted by atomic mass is 32.1. The van der Waals surface area contributed by atoms with Crippen molar-refractivity contribution in [3.63, 3.8) is 0 Å². The van der Waals surface area contributed by atoms with Gasteiger partial charge in [-0.05, 0) is 53.9 Å². The lowest BCUT2D eigenvalue weighted by molar-refractivity contribution is 0.413. The molecule has 0 bridgehead atoms. The number of aromatic amines is 1. The monoisotopic (exact) mass is 379 g/mol. The van der Waals surface area contributed by atoms with Crippen molar-refractivity contribution >= 4 is 12.2 Å². The molecule has 0 radical (unpaired) electrons. The molecule has 5 nitrogen and oxygen atoms in total. The van der Waals surface area contributed by atoms with Crippen molar-refractivity contribution in [3.05, 3.63) is 85.9 Å². The van der Waals surface area contributed by atoms with E-state index in [0.717, 1.165) is 30.6 Å². The molecule has 1 atom stereocenters. The molecule has 3 aromatic rings. The lowest BCUT2D eigenvalue weighted by Crippen LogP contribution is -2.35. The number of benzene rings is 2. The molecule has 2 heterocycles. The Bertz CT molecular complexity index is 1100. The second kappa shape index (κ2) is 7.13. The highest BCUT2D eigenvalue weighted by Crippen LogP contribution is 2.32. The van der Waals surface area contributed by atoms with Crippen LogP contribution in [0.3, 0.4) is 0 Å². The number of aromatic hydroxyl groups is 1. The highest BCUT2D eigenvalue weighted by Gasteiger charge is 2.28. The molecule has 0 saturated carbocycles. The minimum absolute atomic E-state index is 0.123. The van der Waals surface area contributed by atoms with Crippen LogP contribution in [0.25, 0.3) is 5.69 Å². The minimum Gasteiger partial charge on any atom is -0.494 e. The smallest absolute Gasteiger partial charge is 0.260 e. The van der Waals surface area contributed by atoms with Gasteiger partial charge < -0.3 is 10.4 Å². The Balaban J connectivity index is 1.91. The summed E-state index contributed by atoms with van der Waals surface area (Å²) in [5.41, 5.74) is 4.02. The van der Waals surface area contributed by atoms with E-state index in [9.17, 15) is 9.90 Å². The van der Waals surface area contributed by atoms with Gasteiger partial charge in [-0.25, -0.2) is 0 Å². The summed E-state index contributed by atoms with van der Waals surface area (Å²) >= 11 is 5.34.